The predicted molar refractivity (Wildman–Crippen MR) is 101 cm³/mol. The highest BCUT2D eigenvalue weighted by molar-refractivity contribution is 8.03. The van der Waals surface area contributed by atoms with Gasteiger partial charge in [-0.15, -0.1) is 0 Å². The van der Waals surface area contributed by atoms with Crippen molar-refractivity contribution in [3.63, 3.8) is 0 Å². The van der Waals surface area contributed by atoms with Crippen LogP contribution in [-0.2, 0) is 9.59 Å². The maximum absolute atomic E-state index is 12.2. The zero-order valence-corrected chi connectivity index (χ0v) is 16.1. The van der Waals surface area contributed by atoms with E-state index in [2.05, 4.69) is 16.7 Å². The number of nitrogens with one attached hydrogen (secondary N) is 2. The number of halogens is 1. The molecular formula is C18H17ClN4O2S. The van der Waals surface area contributed by atoms with E-state index >= 15 is 0 Å². The van der Waals surface area contributed by atoms with Crippen molar-refractivity contribution >= 4 is 40.9 Å². The molecule has 6 nitrogen and oxygen atoms in total. The SMILES string of the molecule is Cc1ccc(NC(=O)CSC2=C(C#N)C(C)(C)[C@@H](C#N)C(=O)N2)c(Cl)c1. The molecule has 0 unspecified atom stereocenters. The Balaban J connectivity index is 2.13. The fourth-order valence-corrected chi connectivity index (χ4v) is 3.84. The van der Waals surface area contributed by atoms with Gasteiger partial charge < -0.3 is 10.6 Å². The summed E-state index contributed by atoms with van der Waals surface area (Å²) in [7, 11) is 0. The minimum atomic E-state index is -0.957. The molecule has 1 atom stereocenters. The Morgan fingerprint density at radius 2 is 2.12 bits per heavy atom. The lowest BCUT2D eigenvalue weighted by molar-refractivity contribution is -0.125. The Morgan fingerprint density at radius 3 is 2.69 bits per heavy atom. The molecule has 1 aliphatic rings. The Kier molecular flexibility index (Phi) is 5.97. The van der Waals surface area contributed by atoms with Crippen molar-refractivity contribution in [2.75, 3.05) is 11.1 Å². The van der Waals surface area contributed by atoms with Gasteiger partial charge in [0.2, 0.25) is 11.8 Å². The minimum absolute atomic E-state index is 0.0156. The second-order valence-corrected chi connectivity index (χ2v) is 7.80. The van der Waals surface area contributed by atoms with Crippen LogP contribution in [0.2, 0.25) is 5.02 Å². The topological polar surface area (TPSA) is 106 Å². The largest absolute Gasteiger partial charge is 0.324 e. The number of hydrogen-bond donors (Lipinski definition) is 2. The van der Waals surface area contributed by atoms with Crippen molar-refractivity contribution in [1.29, 1.82) is 10.5 Å². The van der Waals surface area contributed by atoms with Gasteiger partial charge in [0.1, 0.15) is 5.92 Å². The molecule has 2 rings (SSSR count). The van der Waals surface area contributed by atoms with Gasteiger partial charge >= 0.3 is 0 Å². The number of nitrogens with zero attached hydrogens (tertiary/aromatic N) is 2. The average Bonchev–Trinajstić information content (AvgIpc) is 2.55. The Labute approximate surface area is 161 Å². The van der Waals surface area contributed by atoms with E-state index in [1.54, 1.807) is 26.0 Å². The van der Waals surface area contributed by atoms with Gasteiger partial charge in [0.15, 0.2) is 0 Å². The molecule has 0 aliphatic carbocycles. The molecule has 1 aliphatic heterocycles. The molecular weight excluding hydrogens is 372 g/mol. The zero-order valence-electron chi connectivity index (χ0n) is 14.5. The van der Waals surface area contributed by atoms with Gasteiger partial charge in [0, 0.05) is 5.41 Å². The van der Waals surface area contributed by atoms with E-state index in [0.717, 1.165) is 17.3 Å². The molecule has 0 bridgehead atoms. The number of anilines is 1. The number of rotatable bonds is 4. The first-order valence-electron chi connectivity index (χ1n) is 7.74. The van der Waals surface area contributed by atoms with Gasteiger partial charge in [-0.3, -0.25) is 9.59 Å². The molecule has 26 heavy (non-hydrogen) atoms. The molecule has 1 aromatic carbocycles. The number of nitriles is 2. The number of aryl methyl sites for hydroxylation is 1. The monoisotopic (exact) mass is 388 g/mol. The second kappa shape index (κ2) is 7.82. The van der Waals surface area contributed by atoms with E-state index in [4.69, 9.17) is 11.6 Å². The van der Waals surface area contributed by atoms with Gasteiger partial charge in [-0.1, -0.05) is 43.3 Å². The van der Waals surface area contributed by atoms with Gasteiger partial charge in [0.25, 0.3) is 0 Å². The standard InChI is InChI=1S/C18H17ClN4O2S/c1-10-4-5-14(13(19)6-10)22-15(24)9-26-17-12(8-21)18(2,3)11(7-20)16(25)23-17/h4-6,11H,9H2,1-3H3,(H,22,24)(H,23,25)/t11-/m0/s1. The van der Waals surface area contributed by atoms with Gasteiger partial charge in [-0.2, -0.15) is 10.5 Å². The molecule has 0 saturated heterocycles. The van der Waals surface area contributed by atoms with Crippen LogP contribution in [0.1, 0.15) is 19.4 Å². The summed E-state index contributed by atoms with van der Waals surface area (Å²) in [5.41, 5.74) is 0.834. The fraction of sp³-hybridized carbons (Fsp3) is 0.333. The summed E-state index contributed by atoms with van der Waals surface area (Å²) < 4.78 is 0. The Hall–Kier alpha value is -2.48. The third-order valence-corrected chi connectivity index (χ3v) is 5.39. The second-order valence-electron chi connectivity index (χ2n) is 6.41. The molecule has 0 radical (unpaired) electrons. The third-order valence-electron chi connectivity index (χ3n) is 4.08. The van der Waals surface area contributed by atoms with Crippen molar-refractivity contribution < 1.29 is 9.59 Å². The molecule has 8 heteroatoms. The van der Waals surface area contributed by atoms with E-state index in [1.807, 2.05) is 19.1 Å². The summed E-state index contributed by atoms with van der Waals surface area (Å²) in [6.45, 7) is 5.24. The van der Waals surface area contributed by atoms with Crippen LogP contribution in [0.5, 0.6) is 0 Å². The first kappa shape index (κ1) is 19.8. The van der Waals surface area contributed by atoms with Gasteiger partial charge in [-0.25, -0.2) is 0 Å². The summed E-state index contributed by atoms with van der Waals surface area (Å²) in [6, 6.07) is 9.28. The zero-order chi connectivity index (χ0) is 19.5. The molecule has 2 amide bonds. The van der Waals surface area contributed by atoms with Crippen molar-refractivity contribution in [2.24, 2.45) is 11.3 Å². The number of carbonyl (C=O) groups is 2. The van der Waals surface area contributed by atoms with E-state index in [-0.39, 0.29) is 17.2 Å². The third kappa shape index (κ3) is 4.01. The highest BCUT2D eigenvalue weighted by Crippen LogP contribution is 2.41. The van der Waals surface area contributed by atoms with E-state index < -0.39 is 17.2 Å². The van der Waals surface area contributed by atoms with Crippen LogP contribution in [0.15, 0.2) is 28.8 Å². The van der Waals surface area contributed by atoms with Crippen molar-refractivity contribution in [3.8, 4) is 12.1 Å². The van der Waals surface area contributed by atoms with Crippen molar-refractivity contribution in [1.82, 2.24) is 5.32 Å². The smallest absolute Gasteiger partial charge is 0.243 e. The lowest BCUT2D eigenvalue weighted by atomic mass is 9.72. The van der Waals surface area contributed by atoms with Crippen molar-refractivity contribution in [2.45, 2.75) is 20.8 Å². The number of thioether (sulfide) groups is 1. The van der Waals surface area contributed by atoms with Crippen LogP contribution >= 0.6 is 23.4 Å². The van der Waals surface area contributed by atoms with Crippen LogP contribution in [0, 0.1) is 40.9 Å². The Bertz CT molecular complexity index is 880. The minimum Gasteiger partial charge on any atom is -0.324 e. The molecule has 2 N–H and O–H groups in total. The Morgan fingerprint density at radius 1 is 1.42 bits per heavy atom. The summed E-state index contributed by atoms with van der Waals surface area (Å²) in [5.74, 6) is -1.76. The number of hydrogen-bond acceptors (Lipinski definition) is 5. The molecule has 1 heterocycles. The number of allylic oxidation sites excluding steroid dienone is 1. The normalized spacial score (nSPS) is 18.5. The lowest BCUT2D eigenvalue weighted by Gasteiger charge is -2.34. The van der Waals surface area contributed by atoms with Gasteiger partial charge in [-0.05, 0) is 24.6 Å². The maximum Gasteiger partial charge on any atom is 0.243 e. The van der Waals surface area contributed by atoms with Crippen LogP contribution in [0.4, 0.5) is 5.69 Å². The summed E-state index contributed by atoms with van der Waals surface area (Å²) in [6.07, 6.45) is 0. The number of benzene rings is 1. The van der Waals surface area contributed by atoms with E-state index in [0.29, 0.717) is 15.7 Å². The van der Waals surface area contributed by atoms with Gasteiger partial charge in [0.05, 0.1) is 39.2 Å². The summed E-state index contributed by atoms with van der Waals surface area (Å²) >= 11 is 7.14. The van der Waals surface area contributed by atoms with E-state index in [1.165, 1.54) is 0 Å². The van der Waals surface area contributed by atoms with Crippen LogP contribution in [0.3, 0.4) is 0 Å². The summed E-state index contributed by atoms with van der Waals surface area (Å²) in [5, 5.41) is 24.7. The molecule has 0 aromatic heterocycles. The molecule has 0 spiro atoms. The van der Waals surface area contributed by atoms with Crippen LogP contribution in [-0.4, -0.2) is 17.6 Å². The molecule has 134 valence electrons. The summed E-state index contributed by atoms with van der Waals surface area (Å²) in [4.78, 5) is 24.3. The number of carbonyl (C=O) groups excluding carboxylic acids is 2. The van der Waals surface area contributed by atoms with Crippen molar-refractivity contribution in [3.05, 3.63) is 39.4 Å². The molecule has 0 saturated carbocycles. The quantitative estimate of drug-likeness (QED) is 0.822. The van der Waals surface area contributed by atoms with E-state index in [9.17, 15) is 20.1 Å². The lowest BCUT2D eigenvalue weighted by Crippen LogP contribution is -2.44. The fourth-order valence-electron chi connectivity index (χ4n) is 2.58. The van der Waals surface area contributed by atoms with Crippen LogP contribution in [0.25, 0.3) is 0 Å². The highest BCUT2D eigenvalue weighted by atomic mass is 35.5. The van der Waals surface area contributed by atoms with Crippen LogP contribution < -0.4 is 10.6 Å². The first-order chi connectivity index (χ1) is 12.2. The molecule has 0 fully saturated rings. The number of amides is 2. The highest BCUT2D eigenvalue weighted by Gasteiger charge is 2.44. The maximum atomic E-state index is 12.2. The molecule has 1 aromatic rings. The first-order valence-corrected chi connectivity index (χ1v) is 9.11. The average molecular weight is 389 g/mol. The predicted octanol–water partition coefficient (Wildman–Crippen LogP) is 3.35.